The summed E-state index contributed by atoms with van der Waals surface area (Å²) in [5, 5.41) is 23.0. The Bertz CT molecular complexity index is 1930. The maximum absolute atomic E-state index is 16.4. The number of esters is 1. The second-order valence-corrected chi connectivity index (χ2v) is 11.9. The molecule has 0 radical (unpaired) electrons. The lowest BCUT2D eigenvalue weighted by Crippen LogP contribution is -2.41. The van der Waals surface area contributed by atoms with Crippen LogP contribution in [0.25, 0.3) is 11.1 Å². The van der Waals surface area contributed by atoms with Gasteiger partial charge in [-0.05, 0) is 91.3 Å². The molecule has 0 spiro atoms. The van der Waals surface area contributed by atoms with Gasteiger partial charge in [0.1, 0.15) is 23.4 Å². The molecule has 2 atom stereocenters. The van der Waals surface area contributed by atoms with Gasteiger partial charge in [0.05, 0.1) is 31.2 Å². The number of phenolic OH excluding ortho intramolecular Hbond substituents is 1. The van der Waals surface area contributed by atoms with Crippen molar-refractivity contribution in [2.45, 2.75) is 63.9 Å². The van der Waals surface area contributed by atoms with Crippen LogP contribution in [0.5, 0.6) is 5.75 Å². The fraction of sp³-hybridized carbons (Fsp3) is 0.306. The molecule has 1 aromatic heterocycles. The summed E-state index contributed by atoms with van der Waals surface area (Å²) in [5.74, 6) is -4.01. The van der Waals surface area contributed by atoms with Gasteiger partial charge in [-0.1, -0.05) is 18.2 Å². The Morgan fingerprint density at radius 2 is 1.78 bits per heavy atom. The topological polar surface area (TPSA) is 118 Å². The normalized spacial score (nSPS) is 14.3. The fourth-order valence-electron chi connectivity index (χ4n) is 5.86. The smallest absolute Gasteiger partial charge is 0.416 e. The SMILES string of the molecule is CCOC(=O)C[C@H](NC(=O)C(c1cc(CO)ccc1F)n1ccc(C(F)(F)F)cc1=O)c1cc(-c2c(C)cccc2O)cc(C2CC2)c1F. The molecule has 258 valence electrons. The molecule has 4 aromatic rings. The predicted molar refractivity (Wildman–Crippen MR) is 169 cm³/mol. The number of aromatic nitrogens is 1. The van der Waals surface area contributed by atoms with Crippen LogP contribution in [0.15, 0.2) is 71.7 Å². The largest absolute Gasteiger partial charge is 0.507 e. The monoisotopic (exact) mass is 684 g/mol. The highest BCUT2D eigenvalue weighted by Gasteiger charge is 2.36. The number of phenols is 1. The van der Waals surface area contributed by atoms with Crippen LogP contribution in [-0.2, 0) is 27.1 Å². The summed E-state index contributed by atoms with van der Waals surface area (Å²) in [4.78, 5) is 40.2. The van der Waals surface area contributed by atoms with Crippen LogP contribution < -0.4 is 10.9 Å². The number of aliphatic hydroxyl groups excluding tert-OH is 1. The predicted octanol–water partition coefficient (Wildman–Crippen LogP) is 6.60. The number of pyridine rings is 1. The molecule has 49 heavy (non-hydrogen) atoms. The summed E-state index contributed by atoms with van der Waals surface area (Å²) in [6, 6.07) is 8.40. The zero-order valence-electron chi connectivity index (χ0n) is 26.5. The molecule has 8 nitrogen and oxygen atoms in total. The number of alkyl halides is 3. The van der Waals surface area contributed by atoms with Gasteiger partial charge in [-0.25, -0.2) is 8.78 Å². The van der Waals surface area contributed by atoms with E-state index in [0.29, 0.717) is 46.4 Å². The van der Waals surface area contributed by atoms with E-state index in [1.165, 1.54) is 18.2 Å². The zero-order chi connectivity index (χ0) is 35.6. The number of aliphatic hydroxyl groups is 1. The molecule has 1 saturated carbocycles. The molecule has 0 aliphatic heterocycles. The van der Waals surface area contributed by atoms with E-state index in [9.17, 15) is 37.8 Å². The molecule has 1 aliphatic carbocycles. The van der Waals surface area contributed by atoms with Gasteiger partial charge in [0.15, 0.2) is 0 Å². The average Bonchev–Trinajstić information content (AvgIpc) is 3.88. The Morgan fingerprint density at radius 1 is 1.04 bits per heavy atom. The van der Waals surface area contributed by atoms with Crippen molar-refractivity contribution in [2.75, 3.05) is 6.61 Å². The van der Waals surface area contributed by atoms with Crippen LogP contribution >= 0.6 is 0 Å². The molecule has 13 heteroatoms. The first kappa shape index (κ1) is 35.3. The fourth-order valence-corrected chi connectivity index (χ4v) is 5.86. The van der Waals surface area contributed by atoms with Crippen molar-refractivity contribution in [3.63, 3.8) is 0 Å². The minimum Gasteiger partial charge on any atom is -0.507 e. The minimum absolute atomic E-state index is 0.0465. The molecule has 3 N–H and O–H groups in total. The van der Waals surface area contributed by atoms with Gasteiger partial charge in [-0.15, -0.1) is 0 Å². The highest BCUT2D eigenvalue weighted by molar-refractivity contribution is 5.85. The summed E-state index contributed by atoms with van der Waals surface area (Å²) < 4.78 is 77.7. The second kappa shape index (κ2) is 14.2. The summed E-state index contributed by atoms with van der Waals surface area (Å²) in [6.45, 7) is 2.65. The quantitative estimate of drug-likeness (QED) is 0.121. The number of aryl methyl sites for hydroxylation is 1. The first-order chi connectivity index (χ1) is 23.2. The number of rotatable bonds is 11. The van der Waals surface area contributed by atoms with Crippen LogP contribution in [0.2, 0.25) is 0 Å². The third-order valence-electron chi connectivity index (χ3n) is 8.39. The van der Waals surface area contributed by atoms with Gasteiger partial charge in [0.2, 0.25) is 5.91 Å². The Labute approximate surface area is 277 Å². The number of ether oxygens (including phenoxy) is 1. The molecular weight excluding hydrogens is 651 g/mol. The number of nitrogens with zero attached hydrogens (tertiary/aromatic N) is 1. The van der Waals surface area contributed by atoms with E-state index in [1.54, 1.807) is 32.0 Å². The lowest BCUT2D eigenvalue weighted by atomic mass is 9.90. The van der Waals surface area contributed by atoms with Crippen LogP contribution in [0, 0.1) is 18.6 Å². The number of amides is 1. The van der Waals surface area contributed by atoms with E-state index < -0.39 is 71.5 Å². The van der Waals surface area contributed by atoms with Crippen molar-refractivity contribution in [3.8, 4) is 16.9 Å². The maximum atomic E-state index is 16.4. The van der Waals surface area contributed by atoms with Gasteiger partial charge < -0.3 is 20.3 Å². The highest BCUT2D eigenvalue weighted by Crippen LogP contribution is 2.46. The number of halogens is 5. The number of hydrogen-bond acceptors (Lipinski definition) is 6. The van der Waals surface area contributed by atoms with E-state index in [4.69, 9.17) is 4.74 Å². The summed E-state index contributed by atoms with van der Waals surface area (Å²) in [7, 11) is 0. The second-order valence-electron chi connectivity index (χ2n) is 11.9. The molecule has 1 aliphatic rings. The number of benzene rings is 3. The van der Waals surface area contributed by atoms with Crippen molar-refractivity contribution in [1.82, 2.24) is 9.88 Å². The molecule has 0 bridgehead atoms. The van der Waals surface area contributed by atoms with Crippen LogP contribution in [-0.4, -0.2) is 33.3 Å². The van der Waals surface area contributed by atoms with E-state index in [1.807, 2.05) is 0 Å². The summed E-state index contributed by atoms with van der Waals surface area (Å²) in [5.41, 5.74) is -1.37. The first-order valence-electron chi connectivity index (χ1n) is 15.5. The standard InChI is InChI=1S/C36H33F5N2O6/c1-3-49-31(47)17-28(26-15-22(14-24(33(26)38)21-8-9-21)32-19(2)5-4-6-29(32)45)42-35(48)34(25-13-20(18-44)7-10-27(25)37)43-12-11-23(16-30(43)46)36(39,40)41/h4-7,10-16,21,28,34,44-45H,3,8-9,17-18H2,1-2H3,(H,42,48)/t28-,34?/m0/s1. The van der Waals surface area contributed by atoms with Crippen molar-refractivity contribution in [1.29, 1.82) is 0 Å². The molecule has 3 aromatic carbocycles. The van der Waals surface area contributed by atoms with E-state index in [-0.39, 0.29) is 41.0 Å². The maximum Gasteiger partial charge on any atom is 0.416 e. The van der Waals surface area contributed by atoms with Crippen molar-refractivity contribution < 1.29 is 46.5 Å². The van der Waals surface area contributed by atoms with Crippen molar-refractivity contribution in [2.24, 2.45) is 0 Å². The Kier molecular flexibility index (Phi) is 10.2. The minimum atomic E-state index is -4.89. The number of carbonyl (C=O) groups excluding carboxylic acids is 2. The zero-order valence-corrected chi connectivity index (χ0v) is 26.5. The Hall–Kier alpha value is -5.04. The number of carbonyl (C=O) groups is 2. The van der Waals surface area contributed by atoms with Crippen LogP contribution in [0.1, 0.15) is 77.6 Å². The summed E-state index contributed by atoms with van der Waals surface area (Å²) in [6.07, 6.45) is -3.47. The van der Waals surface area contributed by atoms with E-state index in [0.717, 1.165) is 12.1 Å². The molecular formula is C36H33F5N2O6. The number of hydrogen-bond donors (Lipinski definition) is 3. The van der Waals surface area contributed by atoms with E-state index >= 15 is 8.78 Å². The third kappa shape index (κ3) is 7.67. The van der Waals surface area contributed by atoms with Gasteiger partial charge in [0.25, 0.3) is 5.56 Å². The van der Waals surface area contributed by atoms with E-state index in [2.05, 4.69) is 5.32 Å². The van der Waals surface area contributed by atoms with Crippen LogP contribution in [0.3, 0.4) is 0 Å². The van der Waals surface area contributed by atoms with Gasteiger partial charge in [0, 0.05) is 29.0 Å². The molecule has 1 heterocycles. The van der Waals surface area contributed by atoms with Crippen molar-refractivity contribution >= 4 is 11.9 Å². The molecule has 5 rings (SSSR count). The third-order valence-corrected chi connectivity index (χ3v) is 8.39. The van der Waals surface area contributed by atoms with Crippen molar-refractivity contribution in [3.05, 3.63) is 122 Å². The lowest BCUT2D eigenvalue weighted by molar-refractivity contribution is -0.144. The number of aromatic hydroxyl groups is 1. The molecule has 0 saturated heterocycles. The van der Waals surface area contributed by atoms with Crippen LogP contribution in [0.4, 0.5) is 22.0 Å². The van der Waals surface area contributed by atoms with Gasteiger partial charge in [-0.2, -0.15) is 13.2 Å². The first-order valence-corrected chi connectivity index (χ1v) is 15.5. The average molecular weight is 685 g/mol. The Balaban J connectivity index is 1.67. The Morgan fingerprint density at radius 3 is 2.39 bits per heavy atom. The molecule has 1 unspecified atom stereocenters. The molecule has 1 fully saturated rings. The highest BCUT2D eigenvalue weighted by atomic mass is 19.4. The van der Waals surface area contributed by atoms with Gasteiger partial charge >= 0.3 is 12.1 Å². The number of nitrogens with one attached hydrogen (secondary N) is 1. The lowest BCUT2D eigenvalue weighted by Gasteiger charge is -2.26. The molecule has 1 amide bonds. The van der Waals surface area contributed by atoms with Gasteiger partial charge in [-0.3, -0.25) is 19.0 Å². The summed E-state index contributed by atoms with van der Waals surface area (Å²) >= 11 is 0.